The highest BCUT2D eigenvalue weighted by Gasteiger charge is 2.52. The molecule has 37 heteroatoms. The average molecular weight is 1390 g/mol. The van der Waals surface area contributed by atoms with Crippen LogP contribution in [0.2, 0.25) is 0 Å². The maximum atomic E-state index is 14.5. The van der Waals surface area contributed by atoms with Gasteiger partial charge in [-0.25, -0.2) is 0 Å². The number of amides is 7. The quantitative estimate of drug-likeness (QED) is 0.0165. The highest BCUT2D eigenvalue weighted by Crippen LogP contribution is 2.42. The van der Waals surface area contributed by atoms with Crippen LogP contribution in [0.15, 0.2) is 24.3 Å². The van der Waals surface area contributed by atoms with Crippen LogP contribution in [0.3, 0.4) is 0 Å². The molecule has 542 valence electrons. The fraction of sp³-hybridized carbons (Fsp3) is 0.776. The topological polar surface area (TPSA) is 519 Å². The molecule has 95 heavy (non-hydrogen) atoms. The predicted octanol–water partition coefficient (Wildman–Crippen LogP) is -7.81. The largest absolute Gasteiger partial charge is 0.394 e. The molecule has 16 atom stereocenters. The van der Waals surface area contributed by atoms with E-state index in [4.69, 9.17) is 47.2 Å². The van der Waals surface area contributed by atoms with Crippen LogP contribution in [0.25, 0.3) is 0 Å². The molecule has 3 heterocycles. The fourth-order valence-corrected chi connectivity index (χ4v) is 11.7. The molecule has 1 aromatic rings. The minimum atomic E-state index is -3.69. The van der Waals surface area contributed by atoms with Gasteiger partial charge >= 0.3 is 7.60 Å². The molecule has 3 aliphatic heterocycles. The molecule has 17 N–H and O–H groups in total. The number of nitrogens with one attached hydrogen (secondary N) is 7. The summed E-state index contributed by atoms with van der Waals surface area (Å²) in [5.41, 5.74) is -0.617. The molecule has 36 nitrogen and oxygen atoms in total. The van der Waals surface area contributed by atoms with Gasteiger partial charge in [0.2, 0.25) is 41.4 Å². The first kappa shape index (κ1) is 80.6. The fourth-order valence-electron chi connectivity index (χ4n) is 11.0. The van der Waals surface area contributed by atoms with Gasteiger partial charge in [0.25, 0.3) is 0 Å². The standard InChI is InChI=1S/C58H97N8O28P/c1-33(70)63-46-51(78)48(75)42(30-68)92-56(46)88-22-19-85-16-13-59-44(73)27-66(28-45(74)60-14-17-87-21-24-91-58(65-35(3)72)32-90-41(29-67)50(77)53(58)80)40(25-36-5-7-37(8-6-36)26-62-54(81)38-9-11-39(12-10-38)94-95(4,83)84)55(82)61-15-18-86-20-23-89-57-47(64-34(2)71)52(79)49(76)43(31-69)93-57/h5-8,38-43,46-53,56-57,67-69,75-80H,9-32H2,1-4H3,(H,59,73)(H,60,74)(H,61,82)(H,62,81)(H,63,70)(H,64,71)(H,65,72)(H,83,84). The van der Waals surface area contributed by atoms with Crippen LogP contribution in [0.1, 0.15) is 57.6 Å². The van der Waals surface area contributed by atoms with Gasteiger partial charge < -0.3 is 135 Å². The Morgan fingerprint density at radius 1 is 0.600 bits per heavy atom. The van der Waals surface area contributed by atoms with E-state index in [1.165, 1.54) is 18.7 Å². The summed E-state index contributed by atoms with van der Waals surface area (Å²) in [7, 11) is -3.69. The van der Waals surface area contributed by atoms with Crippen LogP contribution in [-0.2, 0) is 98.2 Å². The Bertz CT molecular complexity index is 2590. The van der Waals surface area contributed by atoms with Gasteiger partial charge in [-0.2, -0.15) is 0 Å². The van der Waals surface area contributed by atoms with Crippen molar-refractivity contribution in [1.29, 1.82) is 0 Å². The van der Waals surface area contributed by atoms with Crippen LogP contribution in [0.5, 0.6) is 0 Å². The van der Waals surface area contributed by atoms with Gasteiger partial charge in [0.15, 0.2) is 18.3 Å². The third kappa shape index (κ3) is 26.6. The Balaban J connectivity index is 1.26. The predicted molar refractivity (Wildman–Crippen MR) is 325 cm³/mol. The maximum Gasteiger partial charge on any atom is 0.325 e. The molecule has 1 aliphatic carbocycles. The molecule has 7 amide bonds. The second-order valence-corrected chi connectivity index (χ2v) is 25.2. The molecular formula is C58H97N8O28P. The first-order valence-electron chi connectivity index (χ1n) is 31.4. The Kier molecular flexibility index (Phi) is 34.5. The van der Waals surface area contributed by atoms with Crippen LogP contribution in [-0.4, -0.2) is 320 Å². The molecule has 0 spiro atoms. The van der Waals surface area contributed by atoms with Crippen molar-refractivity contribution in [2.45, 2.75) is 157 Å². The Labute approximate surface area is 549 Å². The third-order valence-electron chi connectivity index (χ3n) is 15.8. The number of aliphatic hydroxyl groups excluding tert-OH is 9. The van der Waals surface area contributed by atoms with Crippen molar-refractivity contribution in [2.75, 3.05) is 125 Å². The molecule has 16 unspecified atom stereocenters. The first-order valence-corrected chi connectivity index (χ1v) is 33.4. The summed E-state index contributed by atoms with van der Waals surface area (Å²) in [6.45, 7) is -0.151. The molecule has 0 radical (unpaired) electrons. The van der Waals surface area contributed by atoms with E-state index in [0.717, 1.165) is 13.6 Å². The van der Waals surface area contributed by atoms with Gasteiger partial charge in [0.1, 0.15) is 67.0 Å². The molecule has 3 saturated heterocycles. The van der Waals surface area contributed by atoms with E-state index < -0.39 is 180 Å². The van der Waals surface area contributed by atoms with Crippen molar-refractivity contribution in [1.82, 2.24) is 42.1 Å². The zero-order valence-electron chi connectivity index (χ0n) is 53.7. The second kappa shape index (κ2) is 40.7. The summed E-state index contributed by atoms with van der Waals surface area (Å²) in [6.07, 6.45) is -14.3. The Morgan fingerprint density at radius 3 is 1.54 bits per heavy atom. The van der Waals surface area contributed by atoms with Crippen molar-refractivity contribution < 1.29 is 136 Å². The number of carbonyl (C=O) groups is 7. The van der Waals surface area contributed by atoms with Gasteiger partial charge in [-0.1, -0.05) is 24.3 Å². The molecule has 0 bridgehead atoms. The summed E-state index contributed by atoms with van der Waals surface area (Å²) in [6, 6.07) is 3.26. The minimum absolute atomic E-state index is 0.0834. The number of carbonyl (C=O) groups excluding carboxylic acids is 7. The molecule has 1 aromatic carbocycles. The van der Waals surface area contributed by atoms with E-state index >= 15 is 0 Å². The SMILES string of the molecule is CC(=O)NC1C(OCCOCCNC(=O)CN(CC(=O)NCCOCCOC2(NC(C)=O)COC(CO)C(O)C2O)C(Cc2ccc(CNC(=O)C3CCC(OP(C)(=O)O)CC3)cc2)C(=O)NCCOCCOC2OC(CO)C(O)C(O)C2NC(C)=O)OC(CO)C(O)C1O. The van der Waals surface area contributed by atoms with Crippen LogP contribution >= 0.6 is 7.60 Å². The van der Waals surface area contributed by atoms with E-state index in [1.807, 2.05) is 0 Å². The van der Waals surface area contributed by atoms with Gasteiger partial charge in [0, 0.05) is 59.5 Å². The van der Waals surface area contributed by atoms with Crippen LogP contribution in [0.4, 0.5) is 0 Å². The zero-order chi connectivity index (χ0) is 69.8. The van der Waals surface area contributed by atoms with E-state index in [1.54, 1.807) is 24.3 Å². The van der Waals surface area contributed by atoms with E-state index in [0.29, 0.717) is 36.8 Å². The number of aliphatic hydroxyl groups is 9. The lowest BCUT2D eigenvalue weighted by Gasteiger charge is -2.45. The smallest absolute Gasteiger partial charge is 0.325 e. The van der Waals surface area contributed by atoms with Gasteiger partial charge in [0.05, 0.1) is 111 Å². The molecule has 1 saturated carbocycles. The minimum Gasteiger partial charge on any atom is -0.394 e. The highest BCUT2D eigenvalue weighted by atomic mass is 31.2. The normalized spacial score (nSPS) is 29.5. The first-order chi connectivity index (χ1) is 45.2. The molecule has 0 aromatic heterocycles. The van der Waals surface area contributed by atoms with Crippen molar-refractivity contribution in [3.05, 3.63) is 35.4 Å². The van der Waals surface area contributed by atoms with Crippen molar-refractivity contribution in [2.24, 2.45) is 5.92 Å². The van der Waals surface area contributed by atoms with Crippen molar-refractivity contribution in [3.63, 3.8) is 0 Å². The highest BCUT2D eigenvalue weighted by molar-refractivity contribution is 7.51. The second-order valence-electron chi connectivity index (χ2n) is 23.4. The van der Waals surface area contributed by atoms with Gasteiger partial charge in [-0.15, -0.1) is 0 Å². The van der Waals surface area contributed by atoms with E-state index in [2.05, 4.69) is 37.2 Å². The summed E-state index contributed by atoms with van der Waals surface area (Å²) in [5.74, 6) is -4.20. The third-order valence-corrected chi connectivity index (χ3v) is 16.5. The monoisotopic (exact) mass is 1380 g/mol. The summed E-state index contributed by atoms with van der Waals surface area (Å²) >= 11 is 0. The summed E-state index contributed by atoms with van der Waals surface area (Å²) < 4.78 is 67.7. The lowest BCUT2D eigenvalue weighted by Crippen LogP contribution is -2.70. The zero-order valence-corrected chi connectivity index (χ0v) is 54.6. The van der Waals surface area contributed by atoms with E-state index in [-0.39, 0.29) is 104 Å². The van der Waals surface area contributed by atoms with Crippen LogP contribution < -0.4 is 37.2 Å². The van der Waals surface area contributed by atoms with Gasteiger partial charge in [-0.3, -0.25) is 43.0 Å². The molecule has 4 fully saturated rings. The maximum absolute atomic E-state index is 14.5. The Morgan fingerprint density at radius 2 is 1.07 bits per heavy atom. The lowest BCUT2D eigenvalue weighted by atomic mass is 9.87. The number of ether oxygens (including phenoxy) is 9. The van der Waals surface area contributed by atoms with Gasteiger partial charge in [-0.05, 0) is 43.2 Å². The summed E-state index contributed by atoms with van der Waals surface area (Å²) in [5, 5.41) is 111. The molecule has 5 rings (SSSR count). The number of rotatable bonds is 40. The lowest BCUT2D eigenvalue weighted by molar-refractivity contribution is -0.272. The van der Waals surface area contributed by atoms with Crippen molar-refractivity contribution in [3.8, 4) is 0 Å². The van der Waals surface area contributed by atoms with Crippen molar-refractivity contribution >= 4 is 48.9 Å². The average Bonchev–Trinajstić information content (AvgIpc) is 0.801. The van der Waals surface area contributed by atoms with E-state index in [9.17, 15) is 89.0 Å². The molecule has 4 aliphatic rings. The number of nitrogens with zero attached hydrogens (tertiary/aromatic N) is 1. The van der Waals surface area contributed by atoms with Crippen LogP contribution in [0, 0.1) is 5.92 Å². The summed E-state index contributed by atoms with van der Waals surface area (Å²) in [4.78, 5) is 102. The molecular weight excluding hydrogens is 1290 g/mol. The number of hydrogen-bond donors (Lipinski definition) is 17. The Hall–Kier alpha value is -5.10. The number of benzene rings is 1. The number of hydrogen-bond acceptors (Lipinski definition) is 28.